The van der Waals surface area contributed by atoms with Gasteiger partial charge in [-0.15, -0.1) is 0 Å². The Morgan fingerprint density at radius 2 is 1.13 bits per heavy atom. The van der Waals surface area contributed by atoms with Gasteiger partial charge in [-0.3, -0.25) is 0 Å². The van der Waals surface area contributed by atoms with Crippen molar-refractivity contribution < 1.29 is 15.9 Å². The molecule has 2 aromatic carbocycles. The second-order valence-electron chi connectivity index (χ2n) is 9.07. The number of hydrogen-bond acceptors (Lipinski definition) is 0. The summed E-state index contributed by atoms with van der Waals surface area (Å²) in [6, 6.07) is 17.4. The van der Waals surface area contributed by atoms with Crippen molar-refractivity contribution in [2.45, 2.75) is 59.6 Å². The number of fused-ring (bicyclic) bond motifs is 2. The molecule has 0 bridgehead atoms. The number of benzene rings is 2. The number of allylic oxidation sites excluding steroid dienone is 4. The predicted molar refractivity (Wildman–Crippen MR) is 132 cm³/mol. The van der Waals surface area contributed by atoms with Gasteiger partial charge in [-0.1, -0.05) is 0 Å². The molecule has 0 nitrogen and oxygen atoms in total. The molecule has 0 radical (unpaired) electrons. The molecule has 4 rings (SSSR count). The third-order valence-corrected chi connectivity index (χ3v) is 21.0. The minimum atomic E-state index is -4.57. The molecule has 2 aromatic rings. The molecule has 0 aliphatic heterocycles. The fourth-order valence-electron chi connectivity index (χ4n) is 5.22. The van der Waals surface area contributed by atoms with Gasteiger partial charge in [0, 0.05) is 0 Å². The first kappa shape index (κ1) is 22.4. The van der Waals surface area contributed by atoms with Crippen molar-refractivity contribution in [1.29, 1.82) is 0 Å². The van der Waals surface area contributed by atoms with Crippen LogP contribution in [0.15, 0.2) is 60.7 Å². The third kappa shape index (κ3) is 3.92. The van der Waals surface area contributed by atoms with Gasteiger partial charge in [0.05, 0.1) is 0 Å². The first-order chi connectivity index (χ1) is 14.4. The topological polar surface area (TPSA) is 0 Å². The summed E-state index contributed by atoms with van der Waals surface area (Å²) in [6.45, 7) is 4.49. The van der Waals surface area contributed by atoms with E-state index in [-0.39, 0.29) is 7.25 Å². The van der Waals surface area contributed by atoms with Crippen molar-refractivity contribution in [3.63, 3.8) is 0 Å². The first-order valence-electron chi connectivity index (χ1n) is 11.4. The molecule has 2 unspecified atom stereocenters. The summed E-state index contributed by atoms with van der Waals surface area (Å²) in [7, 11) is 15.3. The number of rotatable bonds is 8. The second kappa shape index (κ2) is 8.65. The zero-order valence-corrected chi connectivity index (χ0v) is 22.1. The summed E-state index contributed by atoms with van der Waals surface area (Å²) in [4.78, 5) is 0. The fraction of sp³-hybridized carbons (Fsp3) is 0.370. The third-order valence-electron chi connectivity index (χ3n) is 6.89. The van der Waals surface area contributed by atoms with Crippen molar-refractivity contribution in [3.05, 3.63) is 82.9 Å². The van der Waals surface area contributed by atoms with Crippen molar-refractivity contribution in [2.75, 3.05) is 0 Å². The minimum absolute atomic E-state index is 0.0534. The normalized spacial score (nSPS) is 20.6. The molecule has 3 heteroatoms. The summed E-state index contributed by atoms with van der Waals surface area (Å²) in [6.07, 6.45) is 11.7. The molecule has 0 heterocycles. The molecule has 0 amide bonds. The Morgan fingerprint density at radius 1 is 0.733 bits per heavy atom. The molecular formula is C27H32Cl2Zr. The first-order valence-corrected chi connectivity index (χ1v) is 22.3. The zero-order chi connectivity index (χ0) is 21.4. The Kier molecular flexibility index (Phi) is 6.47. The number of hydrogen-bond donors (Lipinski definition) is 0. The van der Waals surface area contributed by atoms with Crippen LogP contribution in [-0.4, -0.2) is 4.21 Å². The van der Waals surface area contributed by atoms with Crippen LogP contribution in [0, 0.1) is 0 Å². The van der Waals surface area contributed by atoms with Crippen LogP contribution in [0.5, 0.6) is 0 Å². The van der Waals surface area contributed by atoms with Crippen LogP contribution in [0.25, 0.3) is 11.1 Å². The molecule has 0 saturated heterocycles. The van der Waals surface area contributed by atoms with E-state index in [9.17, 15) is 0 Å². The molecule has 2 aliphatic rings. The molecule has 0 aromatic heterocycles. The number of unbranched alkanes of at least 4 members (excludes halogenated alkanes) is 2. The second-order valence-corrected chi connectivity index (χ2v) is 30.5. The Hall–Kier alpha value is -0.747. The Labute approximate surface area is 189 Å². The van der Waals surface area contributed by atoms with E-state index in [1.807, 2.05) is 0 Å². The van der Waals surface area contributed by atoms with Gasteiger partial charge in [0.1, 0.15) is 0 Å². The van der Waals surface area contributed by atoms with E-state index in [0.717, 1.165) is 12.8 Å². The maximum atomic E-state index is 7.63. The average Bonchev–Trinajstić information content (AvgIpc) is 3.31. The van der Waals surface area contributed by atoms with Gasteiger partial charge in [-0.05, 0) is 0 Å². The quantitative estimate of drug-likeness (QED) is 0.327. The Morgan fingerprint density at radius 3 is 1.53 bits per heavy atom. The van der Waals surface area contributed by atoms with Crippen LogP contribution in [0.4, 0.5) is 0 Å². The standard InChI is InChI=1S/2C13H15.CH2.2ClH.Zr/c2*1-2-3-6-11-9-10-12-7-4-5-8-13(11)12;;;;/h2*4-5,7-10H,2-3,6H2,1H3;1H2;2*1H;/q;;;;;+2/p-2. The molecule has 158 valence electrons. The van der Waals surface area contributed by atoms with E-state index in [0.29, 0.717) is 0 Å². The molecule has 2 atom stereocenters. The molecule has 0 saturated carbocycles. The van der Waals surface area contributed by atoms with Crippen LogP contribution < -0.4 is 0 Å². The van der Waals surface area contributed by atoms with Crippen LogP contribution in [0.1, 0.15) is 81.9 Å². The van der Waals surface area contributed by atoms with Crippen molar-refractivity contribution in [1.82, 2.24) is 0 Å². The van der Waals surface area contributed by atoms with Crippen molar-refractivity contribution in [2.24, 2.45) is 0 Å². The molecule has 0 N–H and O–H groups in total. The van der Waals surface area contributed by atoms with Crippen molar-refractivity contribution in [3.8, 4) is 0 Å². The molecule has 0 fully saturated rings. The summed E-state index contributed by atoms with van der Waals surface area (Å²) in [5.41, 5.74) is 8.07. The maximum absolute atomic E-state index is 7.63. The van der Waals surface area contributed by atoms with E-state index >= 15 is 0 Å². The molecule has 2 aliphatic carbocycles. The van der Waals surface area contributed by atoms with Crippen LogP contribution in [0.2, 0.25) is 0 Å². The molecular weight excluding hydrogens is 486 g/mol. The Bertz CT molecular complexity index is 990. The summed E-state index contributed by atoms with van der Waals surface area (Å²) in [5, 5.41) is 0. The van der Waals surface area contributed by atoms with Crippen LogP contribution >= 0.6 is 17.0 Å². The SMILES string of the molecule is [CH2]=[Zr]([Cl])([Cl])([CH]1C=C(CCCC)c2ccccc21)[CH]1C=C(CCCC)c2ccccc21. The van der Waals surface area contributed by atoms with E-state index in [1.54, 1.807) is 0 Å². The van der Waals surface area contributed by atoms with Gasteiger partial charge in [0.15, 0.2) is 0 Å². The predicted octanol–water partition coefficient (Wildman–Crippen LogP) is 9.07. The summed E-state index contributed by atoms with van der Waals surface area (Å²) >= 11 is -4.57. The fourth-order valence-corrected chi connectivity index (χ4v) is 17.5. The zero-order valence-electron chi connectivity index (χ0n) is 18.1. The monoisotopic (exact) mass is 516 g/mol. The summed E-state index contributed by atoms with van der Waals surface area (Å²) in [5.74, 6) is 0. The van der Waals surface area contributed by atoms with E-state index in [4.69, 9.17) is 21.2 Å². The molecule has 30 heavy (non-hydrogen) atoms. The van der Waals surface area contributed by atoms with Crippen molar-refractivity contribution >= 4 is 32.4 Å². The number of halogens is 2. The van der Waals surface area contributed by atoms with E-state index < -0.39 is 15.9 Å². The van der Waals surface area contributed by atoms with Crippen LogP contribution in [-0.2, 0) is 15.9 Å². The summed E-state index contributed by atoms with van der Waals surface area (Å²) < 4.78 is 4.85. The van der Waals surface area contributed by atoms with Gasteiger partial charge in [-0.2, -0.15) is 0 Å². The average molecular weight is 519 g/mol. The molecule has 0 spiro atoms. The van der Waals surface area contributed by atoms with Gasteiger partial charge in [0.25, 0.3) is 0 Å². The van der Waals surface area contributed by atoms with E-state index in [1.165, 1.54) is 59.1 Å². The van der Waals surface area contributed by atoms with Gasteiger partial charge < -0.3 is 0 Å². The van der Waals surface area contributed by atoms with Crippen LogP contribution in [0.3, 0.4) is 0 Å². The van der Waals surface area contributed by atoms with Gasteiger partial charge in [0.2, 0.25) is 0 Å². The van der Waals surface area contributed by atoms with Gasteiger partial charge >= 0.3 is 191 Å². The Balaban J connectivity index is 1.81. The van der Waals surface area contributed by atoms with Gasteiger partial charge in [-0.25, -0.2) is 0 Å². The van der Waals surface area contributed by atoms with E-state index in [2.05, 4.69) is 74.5 Å².